The van der Waals surface area contributed by atoms with E-state index in [1.54, 1.807) is 13.8 Å². The topological polar surface area (TPSA) is 122 Å². The molecule has 2 aromatic rings. The monoisotopic (exact) mass is 420 g/mol. The number of rotatable bonds is 6. The van der Waals surface area contributed by atoms with E-state index in [4.69, 9.17) is 4.74 Å². The number of aryl methyl sites for hydroxylation is 1. The predicted molar refractivity (Wildman–Crippen MR) is 107 cm³/mol. The normalized spacial score (nSPS) is 18.6. The molecule has 1 atom stereocenters. The second-order valence-corrected chi connectivity index (χ2v) is 9.46. The predicted octanol–water partition coefficient (Wildman–Crippen LogP) is 2.67. The number of ether oxygens (including phenoxy) is 1. The van der Waals surface area contributed by atoms with Gasteiger partial charge in [-0.15, -0.1) is 0 Å². The molecule has 0 saturated carbocycles. The zero-order valence-corrected chi connectivity index (χ0v) is 17.3. The van der Waals surface area contributed by atoms with Gasteiger partial charge in [-0.2, -0.15) is 0 Å². The second-order valence-electron chi connectivity index (χ2n) is 7.44. The molecule has 0 unspecified atom stereocenters. The van der Waals surface area contributed by atoms with Crippen molar-refractivity contribution in [1.82, 2.24) is 14.9 Å². The van der Waals surface area contributed by atoms with Crippen LogP contribution in [0, 0.1) is 0 Å². The summed E-state index contributed by atoms with van der Waals surface area (Å²) in [6.07, 6.45) is 4.04. The van der Waals surface area contributed by atoms with Crippen molar-refractivity contribution in [3.63, 3.8) is 0 Å². The van der Waals surface area contributed by atoms with Crippen molar-refractivity contribution in [2.45, 2.75) is 43.4 Å². The third kappa shape index (κ3) is 5.01. The summed E-state index contributed by atoms with van der Waals surface area (Å²) in [5, 5.41) is 12.5. The van der Waals surface area contributed by atoms with Gasteiger partial charge in [-0.1, -0.05) is 12.1 Å². The van der Waals surface area contributed by atoms with E-state index in [9.17, 15) is 18.3 Å². The van der Waals surface area contributed by atoms with Gasteiger partial charge in [0.05, 0.1) is 25.0 Å². The van der Waals surface area contributed by atoms with E-state index >= 15 is 0 Å². The smallest absolute Gasteiger partial charge is 0.409 e. The van der Waals surface area contributed by atoms with Crippen molar-refractivity contribution in [2.24, 2.45) is 0 Å². The SMILES string of the molecule is CC1(C)OC[C@H](CCc2ccc(Nc3ncc(S(C)(=O)=O)cn3)cc2)N1C(=O)O. The molecule has 1 fully saturated rings. The maximum absolute atomic E-state index is 11.5. The minimum absolute atomic E-state index is 0.0628. The maximum atomic E-state index is 11.5. The first kappa shape index (κ1) is 21.0. The molecule has 10 heteroatoms. The number of nitrogens with zero attached hydrogens (tertiary/aromatic N) is 3. The summed E-state index contributed by atoms with van der Waals surface area (Å²) in [6.45, 7) is 3.90. The number of aromatic nitrogens is 2. The molecule has 0 radical (unpaired) electrons. The zero-order valence-electron chi connectivity index (χ0n) is 16.5. The number of sulfone groups is 1. The fourth-order valence-corrected chi connectivity index (χ4v) is 3.76. The highest BCUT2D eigenvalue weighted by atomic mass is 32.2. The highest BCUT2D eigenvalue weighted by Gasteiger charge is 2.43. The highest BCUT2D eigenvalue weighted by Crippen LogP contribution is 2.29. The van der Waals surface area contributed by atoms with Crippen molar-refractivity contribution in [3.05, 3.63) is 42.2 Å². The number of carbonyl (C=O) groups is 1. The van der Waals surface area contributed by atoms with Crippen LogP contribution in [0.25, 0.3) is 0 Å². The third-order valence-electron chi connectivity index (χ3n) is 4.81. The van der Waals surface area contributed by atoms with E-state index < -0.39 is 21.7 Å². The number of amides is 1. The van der Waals surface area contributed by atoms with Gasteiger partial charge in [-0.25, -0.2) is 23.2 Å². The van der Waals surface area contributed by atoms with Gasteiger partial charge in [0.15, 0.2) is 9.84 Å². The molecule has 1 aliphatic heterocycles. The molecule has 0 aliphatic carbocycles. The van der Waals surface area contributed by atoms with Gasteiger partial charge in [0.1, 0.15) is 10.6 Å². The molecule has 1 aromatic carbocycles. The largest absolute Gasteiger partial charge is 0.465 e. The van der Waals surface area contributed by atoms with Crippen molar-refractivity contribution in [1.29, 1.82) is 0 Å². The van der Waals surface area contributed by atoms with E-state index in [0.29, 0.717) is 25.4 Å². The minimum atomic E-state index is -3.33. The summed E-state index contributed by atoms with van der Waals surface area (Å²) in [5.74, 6) is 0.299. The molecule has 1 amide bonds. The van der Waals surface area contributed by atoms with Crippen LogP contribution in [-0.4, -0.2) is 59.1 Å². The van der Waals surface area contributed by atoms with Crippen molar-refractivity contribution in [2.75, 3.05) is 18.2 Å². The van der Waals surface area contributed by atoms with Crippen molar-refractivity contribution < 1.29 is 23.1 Å². The second kappa shape index (κ2) is 7.96. The summed E-state index contributed by atoms with van der Waals surface area (Å²) >= 11 is 0. The molecule has 0 spiro atoms. The van der Waals surface area contributed by atoms with Gasteiger partial charge in [0, 0.05) is 11.9 Å². The number of anilines is 2. The molecule has 29 heavy (non-hydrogen) atoms. The first-order chi connectivity index (χ1) is 13.6. The summed E-state index contributed by atoms with van der Waals surface area (Å²) in [7, 11) is -3.33. The van der Waals surface area contributed by atoms with Crippen LogP contribution in [0.2, 0.25) is 0 Å². The fourth-order valence-electron chi connectivity index (χ4n) is 3.27. The quantitative estimate of drug-likeness (QED) is 0.731. The van der Waals surface area contributed by atoms with Gasteiger partial charge in [0.25, 0.3) is 0 Å². The lowest BCUT2D eigenvalue weighted by Crippen LogP contribution is -2.47. The third-order valence-corrected chi connectivity index (χ3v) is 5.88. The summed E-state index contributed by atoms with van der Waals surface area (Å²) < 4.78 is 28.5. The van der Waals surface area contributed by atoms with Gasteiger partial charge in [-0.3, -0.25) is 4.90 Å². The molecule has 2 N–H and O–H groups in total. The number of hydrogen-bond acceptors (Lipinski definition) is 7. The average molecular weight is 420 g/mol. The van der Waals surface area contributed by atoms with Crippen LogP contribution >= 0.6 is 0 Å². The van der Waals surface area contributed by atoms with Crippen molar-refractivity contribution >= 4 is 27.6 Å². The van der Waals surface area contributed by atoms with E-state index in [1.165, 1.54) is 17.3 Å². The van der Waals surface area contributed by atoms with Crippen LogP contribution in [0.1, 0.15) is 25.8 Å². The van der Waals surface area contributed by atoms with E-state index in [0.717, 1.165) is 17.5 Å². The van der Waals surface area contributed by atoms with E-state index in [-0.39, 0.29) is 10.9 Å². The average Bonchev–Trinajstić information content (AvgIpc) is 2.95. The molecule has 3 rings (SSSR count). The standard InChI is InChI=1S/C19H24N4O5S/c1-19(2)23(18(24)25)15(12-28-19)9-6-13-4-7-14(8-5-13)22-17-20-10-16(11-21-17)29(3,26)27/h4-5,7-8,10-11,15H,6,9,12H2,1-3H3,(H,24,25)(H,20,21,22)/t15-/m0/s1. The molecule has 156 valence electrons. The maximum Gasteiger partial charge on any atom is 0.409 e. The molecular formula is C19H24N4O5S. The van der Waals surface area contributed by atoms with E-state index in [1.807, 2.05) is 24.3 Å². The van der Waals surface area contributed by atoms with Gasteiger partial charge < -0.3 is 15.2 Å². The van der Waals surface area contributed by atoms with Crippen LogP contribution in [0.15, 0.2) is 41.6 Å². The van der Waals surface area contributed by atoms with Gasteiger partial charge >= 0.3 is 6.09 Å². The summed E-state index contributed by atoms with van der Waals surface area (Å²) in [6, 6.07) is 7.45. The molecule has 0 bridgehead atoms. The lowest BCUT2D eigenvalue weighted by molar-refractivity contribution is -0.0421. The Balaban J connectivity index is 1.59. The summed E-state index contributed by atoms with van der Waals surface area (Å²) in [4.78, 5) is 21.0. The molecule has 9 nitrogen and oxygen atoms in total. The highest BCUT2D eigenvalue weighted by molar-refractivity contribution is 7.90. The van der Waals surface area contributed by atoms with E-state index in [2.05, 4.69) is 15.3 Å². The Bertz CT molecular complexity index is 975. The molecule has 2 heterocycles. The lowest BCUT2D eigenvalue weighted by Gasteiger charge is -2.30. The zero-order chi connectivity index (χ0) is 21.2. The van der Waals surface area contributed by atoms with Crippen LogP contribution in [-0.2, 0) is 21.0 Å². The fraction of sp³-hybridized carbons (Fsp3) is 0.421. The number of hydrogen-bond donors (Lipinski definition) is 2. The first-order valence-electron chi connectivity index (χ1n) is 9.10. The number of benzene rings is 1. The minimum Gasteiger partial charge on any atom is -0.465 e. The molecular weight excluding hydrogens is 396 g/mol. The molecule has 1 aliphatic rings. The van der Waals surface area contributed by atoms with Crippen LogP contribution in [0.3, 0.4) is 0 Å². The van der Waals surface area contributed by atoms with Crippen LogP contribution in [0.5, 0.6) is 0 Å². The van der Waals surface area contributed by atoms with Gasteiger partial charge in [0.2, 0.25) is 5.95 Å². The Morgan fingerprint density at radius 2 is 1.90 bits per heavy atom. The van der Waals surface area contributed by atoms with Gasteiger partial charge in [-0.05, 0) is 44.4 Å². The molecule has 1 saturated heterocycles. The Morgan fingerprint density at radius 1 is 1.28 bits per heavy atom. The Kier molecular flexibility index (Phi) is 5.76. The van der Waals surface area contributed by atoms with Crippen molar-refractivity contribution in [3.8, 4) is 0 Å². The first-order valence-corrected chi connectivity index (χ1v) is 11.0. The number of nitrogens with one attached hydrogen (secondary N) is 1. The Morgan fingerprint density at radius 3 is 2.45 bits per heavy atom. The lowest BCUT2D eigenvalue weighted by atomic mass is 10.0. The Labute approximate surface area is 169 Å². The number of carboxylic acid groups (broad SMARTS) is 1. The van der Waals surface area contributed by atoms with Crippen LogP contribution < -0.4 is 5.32 Å². The summed E-state index contributed by atoms with van der Waals surface area (Å²) in [5.41, 5.74) is 1.02. The molecule has 1 aromatic heterocycles. The van der Waals surface area contributed by atoms with Crippen LogP contribution in [0.4, 0.5) is 16.4 Å². The Hall–Kier alpha value is -2.72.